The number of anilines is 1. The smallest absolute Gasteiger partial charge is 0.243 e. The molecule has 0 bridgehead atoms. The molecule has 2 atom stereocenters. The van der Waals surface area contributed by atoms with E-state index >= 15 is 0 Å². The quantitative estimate of drug-likeness (QED) is 0.893. The zero-order valence-electron chi connectivity index (χ0n) is 11.3. The highest BCUT2D eigenvalue weighted by atomic mass is 16.5. The molecule has 2 unspecified atom stereocenters. The Labute approximate surface area is 108 Å². The second-order valence-electron chi connectivity index (χ2n) is 5.24. The maximum atomic E-state index is 12.1. The molecule has 1 aliphatic heterocycles. The van der Waals surface area contributed by atoms with Crippen molar-refractivity contribution in [3.8, 4) is 0 Å². The van der Waals surface area contributed by atoms with E-state index in [2.05, 4.69) is 22.3 Å². The van der Waals surface area contributed by atoms with E-state index in [4.69, 9.17) is 4.52 Å². The Morgan fingerprint density at radius 3 is 3.06 bits per heavy atom. The Bertz CT molecular complexity index is 416. The highest BCUT2D eigenvalue weighted by Crippen LogP contribution is 2.18. The van der Waals surface area contributed by atoms with Gasteiger partial charge in [0.05, 0.1) is 11.7 Å². The van der Waals surface area contributed by atoms with Gasteiger partial charge in [-0.3, -0.25) is 15.0 Å². The number of aryl methyl sites for hydroxylation is 1. The SMILES string of the molecule is Cc1cc(NC(=O)C(C)N2CCCC(C)C2)on1. The van der Waals surface area contributed by atoms with Crippen molar-refractivity contribution in [3.63, 3.8) is 0 Å². The van der Waals surface area contributed by atoms with E-state index < -0.39 is 0 Å². The molecule has 0 spiro atoms. The molecule has 0 saturated carbocycles. The molecule has 1 aliphatic rings. The molecular formula is C13H21N3O2. The Hall–Kier alpha value is -1.36. The van der Waals surface area contributed by atoms with Crippen LogP contribution in [-0.2, 0) is 4.79 Å². The molecule has 5 nitrogen and oxygen atoms in total. The number of amides is 1. The molecule has 1 fully saturated rings. The predicted molar refractivity (Wildman–Crippen MR) is 69.3 cm³/mol. The lowest BCUT2D eigenvalue weighted by molar-refractivity contribution is -0.121. The van der Waals surface area contributed by atoms with Crippen molar-refractivity contribution in [2.45, 2.75) is 39.7 Å². The Morgan fingerprint density at radius 2 is 2.44 bits per heavy atom. The lowest BCUT2D eigenvalue weighted by Crippen LogP contribution is -2.46. The number of piperidine rings is 1. The summed E-state index contributed by atoms with van der Waals surface area (Å²) in [4.78, 5) is 14.3. The van der Waals surface area contributed by atoms with Crippen molar-refractivity contribution >= 4 is 11.8 Å². The number of nitrogens with one attached hydrogen (secondary N) is 1. The van der Waals surface area contributed by atoms with E-state index in [9.17, 15) is 4.79 Å². The molecule has 2 rings (SSSR count). The normalized spacial score (nSPS) is 22.7. The third kappa shape index (κ3) is 3.10. The maximum absolute atomic E-state index is 12.1. The van der Waals surface area contributed by atoms with E-state index in [0.29, 0.717) is 11.8 Å². The number of nitrogens with zero attached hydrogens (tertiary/aromatic N) is 2. The number of hydrogen-bond donors (Lipinski definition) is 1. The summed E-state index contributed by atoms with van der Waals surface area (Å²) < 4.78 is 4.99. The third-order valence-electron chi connectivity index (χ3n) is 3.49. The van der Waals surface area contributed by atoms with Crippen molar-refractivity contribution in [2.75, 3.05) is 18.4 Å². The van der Waals surface area contributed by atoms with E-state index in [-0.39, 0.29) is 11.9 Å². The number of aromatic nitrogens is 1. The molecule has 1 amide bonds. The van der Waals surface area contributed by atoms with Gasteiger partial charge in [0.1, 0.15) is 0 Å². The molecule has 1 N–H and O–H groups in total. The van der Waals surface area contributed by atoms with Gasteiger partial charge in [-0.2, -0.15) is 0 Å². The first-order chi connectivity index (χ1) is 8.56. The van der Waals surface area contributed by atoms with Gasteiger partial charge in [0, 0.05) is 12.6 Å². The van der Waals surface area contributed by atoms with Gasteiger partial charge >= 0.3 is 0 Å². The maximum Gasteiger partial charge on any atom is 0.243 e. The van der Waals surface area contributed by atoms with Gasteiger partial charge < -0.3 is 4.52 Å². The van der Waals surface area contributed by atoms with Crippen LogP contribution in [-0.4, -0.2) is 35.1 Å². The van der Waals surface area contributed by atoms with Crippen molar-refractivity contribution in [1.29, 1.82) is 0 Å². The summed E-state index contributed by atoms with van der Waals surface area (Å²) >= 11 is 0. The van der Waals surface area contributed by atoms with Crippen LogP contribution in [0.5, 0.6) is 0 Å². The predicted octanol–water partition coefficient (Wildman–Crippen LogP) is 2.04. The molecule has 0 aromatic carbocycles. The molecule has 100 valence electrons. The molecule has 18 heavy (non-hydrogen) atoms. The lowest BCUT2D eigenvalue weighted by Gasteiger charge is -2.34. The fraction of sp³-hybridized carbons (Fsp3) is 0.692. The molecular weight excluding hydrogens is 230 g/mol. The fourth-order valence-electron chi connectivity index (χ4n) is 2.39. The van der Waals surface area contributed by atoms with Crippen molar-refractivity contribution in [1.82, 2.24) is 10.1 Å². The van der Waals surface area contributed by atoms with Gasteiger partial charge in [0.2, 0.25) is 11.8 Å². The number of rotatable bonds is 3. The van der Waals surface area contributed by atoms with Crippen molar-refractivity contribution in [3.05, 3.63) is 11.8 Å². The van der Waals surface area contributed by atoms with Crippen LogP contribution in [0.15, 0.2) is 10.6 Å². The second kappa shape index (κ2) is 5.52. The van der Waals surface area contributed by atoms with Crippen LogP contribution in [0.1, 0.15) is 32.4 Å². The van der Waals surface area contributed by atoms with Crippen LogP contribution in [0.25, 0.3) is 0 Å². The largest absolute Gasteiger partial charge is 0.338 e. The van der Waals surface area contributed by atoms with Crippen molar-refractivity contribution < 1.29 is 9.32 Å². The van der Waals surface area contributed by atoms with Gasteiger partial charge in [-0.1, -0.05) is 12.1 Å². The zero-order valence-corrected chi connectivity index (χ0v) is 11.3. The average molecular weight is 251 g/mol. The van der Waals surface area contributed by atoms with Crippen LogP contribution in [0.3, 0.4) is 0 Å². The van der Waals surface area contributed by atoms with Crippen molar-refractivity contribution in [2.24, 2.45) is 5.92 Å². The fourth-order valence-corrected chi connectivity index (χ4v) is 2.39. The first-order valence-corrected chi connectivity index (χ1v) is 6.54. The third-order valence-corrected chi connectivity index (χ3v) is 3.49. The molecule has 1 aromatic rings. The second-order valence-corrected chi connectivity index (χ2v) is 5.24. The molecule has 5 heteroatoms. The van der Waals surface area contributed by atoms with Crippen LogP contribution in [0.2, 0.25) is 0 Å². The zero-order chi connectivity index (χ0) is 13.1. The number of carbonyl (C=O) groups is 1. The van der Waals surface area contributed by atoms with Crippen LogP contribution in [0.4, 0.5) is 5.88 Å². The Balaban J connectivity index is 1.91. The molecule has 0 aliphatic carbocycles. The summed E-state index contributed by atoms with van der Waals surface area (Å²) in [7, 11) is 0. The molecule has 0 radical (unpaired) electrons. The number of likely N-dealkylation sites (tertiary alicyclic amines) is 1. The van der Waals surface area contributed by atoms with E-state index in [1.165, 1.54) is 12.8 Å². The van der Waals surface area contributed by atoms with E-state index in [1.807, 2.05) is 13.8 Å². The summed E-state index contributed by atoms with van der Waals surface area (Å²) in [5, 5.41) is 6.52. The van der Waals surface area contributed by atoms with Gasteiger partial charge in [-0.15, -0.1) is 0 Å². The first-order valence-electron chi connectivity index (χ1n) is 6.54. The summed E-state index contributed by atoms with van der Waals surface area (Å²) in [6.07, 6.45) is 2.42. The van der Waals surface area contributed by atoms with Gasteiger partial charge in [-0.05, 0) is 39.2 Å². The average Bonchev–Trinajstić information content (AvgIpc) is 2.73. The van der Waals surface area contributed by atoms with Gasteiger partial charge in [-0.25, -0.2) is 0 Å². The molecule has 1 saturated heterocycles. The Kier molecular flexibility index (Phi) is 4.01. The Morgan fingerprint density at radius 1 is 1.67 bits per heavy atom. The number of carbonyl (C=O) groups excluding carboxylic acids is 1. The molecule has 1 aromatic heterocycles. The summed E-state index contributed by atoms with van der Waals surface area (Å²) in [6, 6.07) is 1.60. The van der Waals surface area contributed by atoms with Crippen LogP contribution in [0, 0.1) is 12.8 Å². The monoisotopic (exact) mass is 251 g/mol. The van der Waals surface area contributed by atoms with Crippen LogP contribution >= 0.6 is 0 Å². The number of hydrogen-bond acceptors (Lipinski definition) is 4. The minimum atomic E-state index is -0.127. The molecule has 2 heterocycles. The topological polar surface area (TPSA) is 58.4 Å². The summed E-state index contributed by atoms with van der Waals surface area (Å²) in [5.74, 6) is 1.07. The first kappa shape index (κ1) is 13.1. The van der Waals surface area contributed by atoms with E-state index in [1.54, 1.807) is 6.07 Å². The summed E-state index contributed by atoms with van der Waals surface area (Å²) in [6.45, 7) is 7.99. The van der Waals surface area contributed by atoms with Gasteiger partial charge in [0.15, 0.2) is 0 Å². The van der Waals surface area contributed by atoms with Gasteiger partial charge in [0.25, 0.3) is 0 Å². The lowest BCUT2D eigenvalue weighted by atomic mass is 9.99. The summed E-state index contributed by atoms with van der Waals surface area (Å²) in [5.41, 5.74) is 0.768. The highest BCUT2D eigenvalue weighted by molar-refractivity contribution is 5.93. The van der Waals surface area contributed by atoms with E-state index in [0.717, 1.165) is 18.8 Å². The minimum absolute atomic E-state index is 0.0275. The minimum Gasteiger partial charge on any atom is -0.338 e. The van der Waals surface area contributed by atoms with Crippen LogP contribution < -0.4 is 5.32 Å². The highest BCUT2D eigenvalue weighted by Gasteiger charge is 2.26. The standard InChI is InChI=1S/C13H21N3O2/c1-9-5-4-6-16(8-9)11(3)13(17)14-12-7-10(2)15-18-12/h7,9,11H,4-6,8H2,1-3H3,(H,14,17).